The van der Waals surface area contributed by atoms with Crippen LogP contribution in [-0.4, -0.2) is 19.9 Å². The van der Waals surface area contributed by atoms with Crippen LogP contribution >= 0.6 is 12.4 Å². The van der Waals surface area contributed by atoms with Crippen molar-refractivity contribution in [3.63, 3.8) is 0 Å². The average molecular weight is 440 g/mol. The van der Waals surface area contributed by atoms with Gasteiger partial charge in [0, 0.05) is 36.3 Å². The molecule has 2 aromatic carbocycles. The number of non-ortho nitro benzene ring substituents is 1. The molecule has 154 valence electrons. The van der Waals surface area contributed by atoms with E-state index in [9.17, 15) is 31.7 Å². The summed E-state index contributed by atoms with van der Waals surface area (Å²) < 4.78 is 67.3. The molecule has 1 atom stereocenters. The lowest BCUT2D eigenvalue weighted by Gasteiger charge is -2.16. The molecular formula is C16H17ClF3N3O4S. The molecule has 2 aromatic rings. The number of nitro groups is 1. The summed E-state index contributed by atoms with van der Waals surface area (Å²) in [5.41, 5.74) is 5.02. The monoisotopic (exact) mass is 439 g/mol. The van der Waals surface area contributed by atoms with Crippen molar-refractivity contribution in [1.29, 1.82) is 0 Å². The van der Waals surface area contributed by atoms with E-state index in [1.165, 1.54) is 0 Å². The minimum absolute atomic E-state index is 0. The fourth-order valence-electron chi connectivity index (χ4n) is 2.54. The van der Waals surface area contributed by atoms with Crippen LogP contribution in [0, 0.1) is 27.6 Å². The van der Waals surface area contributed by atoms with Gasteiger partial charge in [-0.25, -0.2) is 26.3 Å². The molecule has 0 aliphatic rings. The third-order valence-electron chi connectivity index (χ3n) is 3.76. The number of rotatable bonds is 7. The number of benzene rings is 2. The minimum atomic E-state index is -3.99. The predicted octanol–water partition coefficient (Wildman–Crippen LogP) is 2.97. The smallest absolute Gasteiger partial charge is 0.269 e. The van der Waals surface area contributed by atoms with Gasteiger partial charge < -0.3 is 5.73 Å². The second-order valence-electron chi connectivity index (χ2n) is 5.65. The van der Waals surface area contributed by atoms with Gasteiger partial charge in [-0.3, -0.25) is 10.1 Å². The zero-order chi connectivity index (χ0) is 20.4. The highest BCUT2D eigenvalue weighted by Crippen LogP contribution is 2.28. The fourth-order valence-corrected chi connectivity index (χ4v) is 3.81. The van der Waals surface area contributed by atoms with Gasteiger partial charge in [0.2, 0.25) is 10.0 Å². The Balaban J connectivity index is 0.00000392. The maximum Gasteiger partial charge on any atom is 0.269 e. The SMILES string of the molecule is CCNS(=O)(=O)c1ccc([N+](=O)[O-])cc1C[C@H](N)c1cc(F)c(F)cc1F.Cl. The summed E-state index contributed by atoms with van der Waals surface area (Å²) in [5, 5.41) is 11.0. The molecule has 0 fully saturated rings. The van der Waals surface area contributed by atoms with Gasteiger partial charge in [0.15, 0.2) is 11.6 Å². The summed E-state index contributed by atoms with van der Waals surface area (Å²) in [6, 6.07) is 2.69. The van der Waals surface area contributed by atoms with Crippen molar-refractivity contribution in [2.24, 2.45) is 5.73 Å². The third-order valence-corrected chi connectivity index (χ3v) is 5.40. The third kappa shape index (κ3) is 5.19. The molecule has 12 heteroatoms. The molecular weight excluding hydrogens is 423 g/mol. The van der Waals surface area contributed by atoms with Gasteiger partial charge in [-0.1, -0.05) is 6.92 Å². The van der Waals surface area contributed by atoms with E-state index in [0.717, 1.165) is 18.2 Å². The Morgan fingerprint density at radius 2 is 1.75 bits per heavy atom. The minimum Gasteiger partial charge on any atom is -0.324 e. The fraction of sp³-hybridized carbons (Fsp3) is 0.250. The topological polar surface area (TPSA) is 115 Å². The first-order valence-corrected chi connectivity index (χ1v) is 9.22. The van der Waals surface area contributed by atoms with E-state index in [4.69, 9.17) is 5.73 Å². The molecule has 0 bridgehead atoms. The standard InChI is InChI=1S/C16H16F3N3O4S.ClH/c1-2-21-27(25,26)16-4-3-10(22(23)24)5-9(16)6-15(20)11-7-13(18)14(19)8-12(11)17;/h3-5,7-8,15,21H,2,6,20H2,1H3;1H/t15-;/m0./s1. The Morgan fingerprint density at radius 3 is 2.32 bits per heavy atom. The predicted molar refractivity (Wildman–Crippen MR) is 98.2 cm³/mol. The lowest BCUT2D eigenvalue weighted by atomic mass is 9.98. The van der Waals surface area contributed by atoms with Crippen LogP contribution in [0.2, 0.25) is 0 Å². The molecule has 7 nitrogen and oxygen atoms in total. The summed E-state index contributed by atoms with van der Waals surface area (Å²) in [7, 11) is -3.99. The summed E-state index contributed by atoms with van der Waals surface area (Å²) in [6.45, 7) is 1.62. The maximum atomic E-state index is 13.9. The lowest BCUT2D eigenvalue weighted by Crippen LogP contribution is -2.25. The lowest BCUT2D eigenvalue weighted by molar-refractivity contribution is -0.385. The first-order chi connectivity index (χ1) is 12.6. The van der Waals surface area contributed by atoms with Crippen LogP contribution in [0.25, 0.3) is 0 Å². The Kier molecular flexibility index (Phi) is 7.94. The molecule has 0 aliphatic heterocycles. The maximum absolute atomic E-state index is 13.9. The normalized spacial score (nSPS) is 12.3. The van der Waals surface area contributed by atoms with Gasteiger partial charge in [0.25, 0.3) is 5.69 Å². The largest absolute Gasteiger partial charge is 0.324 e. The molecule has 28 heavy (non-hydrogen) atoms. The number of sulfonamides is 1. The van der Waals surface area contributed by atoms with E-state index in [1.807, 2.05) is 0 Å². The van der Waals surface area contributed by atoms with Crippen molar-refractivity contribution >= 4 is 28.1 Å². The van der Waals surface area contributed by atoms with Gasteiger partial charge in [0.05, 0.1) is 9.82 Å². The highest BCUT2D eigenvalue weighted by atomic mass is 35.5. The highest BCUT2D eigenvalue weighted by Gasteiger charge is 2.24. The van der Waals surface area contributed by atoms with Gasteiger partial charge in [-0.05, 0) is 24.1 Å². The molecule has 0 saturated heterocycles. The van der Waals surface area contributed by atoms with Crippen LogP contribution in [0.5, 0.6) is 0 Å². The highest BCUT2D eigenvalue weighted by molar-refractivity contribution is 7.89. The Labute approximate surface area is 165 Å². The van der Waals surface area contributed by atoms with Gasteiger partial charge in [0.1, 0.15) is 5.82 Å². The number of nitro benzene ring substituents is 1. The quantitative estimate of drug-likeness (QED) is 0.391. The first kappa shape index (κ1) is 23.8. The summed E-state index contributed by atoms with van der Waals surface area (Å²) >= 11 is 0. The van der Waals surface area contributed by atoms with Crippen molar-refractivity contribution in [2.45, 2.75) is 24.3 Å². The van der Waals surface area contributed by atoms with Crippen LogP contribution in [0.15, 0.2) is 35.2 Å². The number of halogens is 4. The zero-order valence-corrected chi connectivity index (χ0v) is 16.1. The van der Waals surface area contributed by atoms with E-state index >= 15 is 0 Å². The second-order valence-corrected chi connectivity index (χ2v) is 7.38. The van der Waals surface area contributed by atoms with Crippen molar-refractivity contribution < 1.29 is 26.5 Å². The van der Waals surface area contributed by atoms with E-state index in [2.05, 4.69) is 4.72 Å². The van der Waals surface area contributed by atoms with Crippen molar-refractivity contribution in [1.82, 2.24) is 4.72 Å². The number of nitrogens with one attached hydrogen (secondary N) is 1. The number of hydrogen-bond acceptors (Lipinski definition) is 5. The van der Waals surface area contributed by atoms with Gasteiger partial charge in [-0.15, -0.1) is 12.4 Å². The van der Waals surface area contributed by atoms with Crippen LogP contribution in [0.3, 0.4) is 0 Å². The Bertz CT molecular complexity index is 989. The molecule has 0 radical (unpaired) electrons. The molecule has 0 heterocycles. The summed E-state index contributed by atoms with van der Waals surface area (Å²) in [4.78, 5) is 9.99. The first-order valence-electron chi connectivity index (χ1n) is 7.73. The summed E-state index contributed by atoms with van der Waals surface area (Å²) in [5.74, 6) is -3.82. The van der Waals surface area contributed by atoms with E-state index in [-0.39, 0.29) is 41.4 Å². The molecule has 3 N–H and O–H groups in total. The molecule has 0 saturated carbocycles. The van der Waals surface area contributed by atoms with Crippen molar-refractivity contribution in [3.8, 4) is 0 Å². The van der Waals surface area contributed by atoms with Crippen molar-refractivity contribution in [2.75, 3.05) is 6.54 Å². The molecule has 0 unspecified atom stereocenters. The number of hydrogen-bond donors (Lipinski definition) is 2. The molecule has 0 aromatic heterocycles. The number of nitrogens with two attached hydrogens (primary N) is 1. The van der Waals surface area contributed by atoms with E-state index in [0.29, 0.717) is 12.1 Å². The van der Waals surface area contributed by atoms with Crippen LogP contribution in [0.4, 0.5) is 18.9 Å². The Morgan fingerprint density at radius 1 is 1.14 bits per heavy atom. The van der Waals surface area contributed by atoms with E-state index in [1.54, 1.807) is 6.92 Å². The number of nitrogens with zero attached hydrogens (tertiary/aromatic N) is 1. The molecule has 2 rings (SSSR count). The van der Waals surface area contributed by atoms with Crippen LogP contribution in [0.1, 0.15) is 24.1 Å². The van der Waals surface area contributed by atoms with Crippen LogP contribution in [-0.2, 0) is 16.4 Å². The van der Waals surface area contributed by atoms with E-state index < -0.39 is 44.1 Å². The average Bonchev–Trinajstić information content (AvgIpc) is 2.57. The van der Waals surface area contributed by atoms with Crippen LogP contribution < -0.4 is 10.5 Å². The zero-order valence-electron chi connectivity index (χ0n) is 14.5. The molecule has 0 spiro atoms. The molecule has 0 aliphatic carbocycles. The van der Waals surface area contributed by atoms with Gasteiger partial charge in [-0.2, -0.15) is 0 Å². The molecule has 0 amide bonds. The Hall–Kier alpha value is -2.21. The van der Waals surface area contributed by atoms with Gasteiger partial charge >= 0.3 is 0 Å². The van der Waals surface area contributed by atoms with Crippen molar-refractivity contribution in [3.05, 3.63) is 69.0 Å². The summed E-state index contributed by atoms with van der Waals surface area (Å²) in [6.07, 6.45) is -0.358. The second kappa shape index (κ2) is 9.32.